The predicted octanol–water partition coefficient (Wildman–Crippen LogP) is 2.73. The van der Waals surface area contributed by atoms with Crippen molar-refractivity contribution < 1.29 is 23.9 Å². The van der Waals surface area contributed by atoms with Crippen LogP contribution in [0.4, 0.5) is 5.69 Å². The molecule has 0 fully saturated rings. The van der Waals surface area contributed by atoms with Gasteiger partial charge in [-0.25, -0.2) is 4.79 Å². The van der Waals surface area contributed by atoms with Crippen molar-refractivity contribution in [3.8, 4) is 5.75 Å². The van der Waals surface area contributed by atoms with E-state index in [-0.39, 0.29) is 5.91 Å². The van der Waals surface area contributed by atoms with Crippen LogP contribution in [0.5, 0.6) is 5.75 Å². The largest absolute Gasteiger partial charge is 0.497 e. The van der Waals surface area contributed by atoms with Crippen molar-refractivity contribution in [2.24, 2.45) is 0 Å². The summed E-state index contributed by atoms with van der Waals surface area (Å²) >= 11 is 0. The van der Waals surface area contributed by atoms with Crippen molar-refractivity contribution in [3.63, 3.8) is 0 Å². The molecule has 7 heteroatoms. The van der Waals surface area contributed by atoms with Gasteiger partial charge in [0.25, 0.3) is 5.91 Å². The third-order valence-corrected chi connectivity index (χ3v) is 5.05. The molecule has 0 bridgehead atoms. The van der Waals surface area contributed by atoms with Crippen LogP contribution in [-0.2, 0) is 25.5 Å². The van der Waals surface area contributed by atoms with Crippen LogP contribution in [-0.4, -0.2) is 43.6 Å². The van der Waals surface area contributed by atoms with Crippen LogP contribution in [0.1, 0.15) is 25.0 Å². The van der Waals surface area contributed by atoms with E-state index in [2.05, 4.69) is 5.32 Å². The highest BCUT2D eigenvalue weighted by Gasteiger charge is 2.30. The Hall–Kier alpha value is -3.61. The van der Waals surface area contributed by atoms with Gasteiger partial charge < -0.3 is 19.7 Å². The lowest BCUT2D eigenvalue weighted by atomic mass is 10.2. The Morgan fingerprint density at radius 2 is 1.77 bits per heavy atom. The van der Waals surface area contributed by atoms with Gasteiger partial charge in [0.05, 0.1) is 7.11 Å². The summed E-state index contributed by atoms with van der Waals surface area (Å²) < 4.78 is 10.4. The molecule has 1 heterocycles. The first-order chi connectivity index (χ1) is 14.9. The van der Waals surface area contributed by atoms with E-state index >= 15 is 0 Å². The third-order valence-electron chi connectivity index (χ3n) is 5.05. The van der Waals surface area contributed by atoms with E-state index in [1.807, 2.05) is 36.4 Å². The minimum atomic E-state index is -0.951. The first kappa shape index (κ1) is 22.1. The summed E-state index contributed by atoms with van der Waals surface area (Å²) in [5.41, 5.74) is 2.76. The molecule has 1 aliphatic heterocycles. The molecule has 2 atom stereocenters. The molecule has 2 aromatic rings. The molecular weight excluding hydrogens is 396 g/mol. The molecule has 1 N–H and O–H groups in total. The molecule has 1 aliphatic rings. The van der Waals surface area contributed by atoms with Crippen LogP contribution in [0.25, 0.3) is 6.08 Å². The summed E-state index contributed by atoms with van der Waals surface area (Å²) in [6.07, 6.45) is 2.79. The Morgan fingerprint density at radius 1 is 1.06 bits per heavy atom. The van der Waals surface area contributed by atoms with Crippen LogP contribution >= 0.6 is 0 Å². The number of nitrogens with one attached hydrogen (secondary N) is 1. The zero-order valence-corrected chi connectivity index (χ0v) is 17.8. The van der Waals surface area contributed by atoms with Gasteiger partial charge in [0.15, 0.2) is 6.10 Å². The van der Waals surface area contributed by atoms with Gasteiger partial charge in [-0.3, -0.25) is 9.59 Å². The number of nitrogens with zero attached hydrogens (tertiary/aromatic N) is 1. The van der Waals surface area contributed by atoms with Crippen molar-refractivity contribution in [3.05, 3.63) is 65.7 Å². The Labute approximate surface area is 181 Å². The van der Waals surface area contributed by atoms with E-state index in [0.29, 0.717) is 6.54 Å². The Balaban J connectivity index is 1.50. The van der Waals surface area contributed by atoms with Crippen molar-refractivity contribution in [1.29, 1.82) is 0 Å². The third kappa shape index (κ3) is 5.51. The number of benzene rings is 2. The molecule has 162 valence electrons. The van der Waals surface area contributed by atoms with Crippen LogP contribution in [0.3, 0.4) is 0 Å². The Bertz CT molecular complexity index is 984. The fraction of sp³-hybridized carbons (Fsp3) is 0.292. The molecule has 0 unspecified atom stereocenters. The van der Waals surface area contributed by atoms with Gasteiger partial charge in [-0.2, -0.15) is 0 Å². The summed E-state index contributed by atoms with van der Waals surface area (Å²) in [6.45, 7) is 3.62. The summed E-state index contributed by atoms with van der Waals surface area (Å²) in [5.74, 6) is -0.664. The molecule has 31 heavy (non-hydrogen) atoms. The number of methoxy groups -OCH3 is 1. The van der Waals surface area contributed by atoms with Crippen molar-refractivity contribution in [2.75, 3.05) is 18.6 Å². The minimum Gasteiger partial charge on any atom is -0.497 e. The number of carbonyl (C=O) groups is 3. The zero-order valence-electron chi connectivity index (χ0n) is 17.8. The number of para-hydroxylation sites is 1. The second-order valence-corrected chi connectivity index (χ2v) is 7.28. The number of carbonyl (C=O) groups excluding carboxylic acids is 3. The van der Waals surface area contributed by atoms with Gasteiger partial charge >= 0.3 is 5.97 Å². The van der Waals surface area contributed by atoms with Gasteiger partial charge in [0.2, 0.25) is 5.91 Å². The Morgan fingerprint density at radius 3 is 2.48 bits per heavy atom. The Kier molecular flexibility index (Phi) is 7.07. The van der Waals surface area contributed by atoms with Crippen molar-refractivity contribution in [1.82, 2.24) is 5.32 Å². The lowest BCUT2D eigenvalue weighted by Gasteiger charge is -2.23. The van der Waals surface area contributed by atoms with E-state index in [4.69, 9.17) is 9.47 Å². The van der Waals surface area contributed by atoms with E-state index in [1.165, 1.54) is 13.0 Å². The molecule has 0 saturated carbocycles. The fourth-order valence-corrected chi connectivity index (χ4v) is 3.32. The van der Waals surface area contributed by atoms with Crippen LogP contribution in [0.2, 0.25) is 0 Å². The molecule has 0 spiro atoms. The van der Waals surface area contributed by atoms with Gasteiger partial charge in [-0.05, 0) is 55.7 Å². The molecule has 0 aromatic heterocycles. The second kappa shape index (κ2) is 9.93. The van der Waals surface area contributed by atoms with Gasteiger partial charge in [0, 0.05) is 18.3 Å². The molecular formula is C24H26N2O5. The fourth-order valence-electron chi connectivity index (χ4n) is 3.32. The van der Waals surface area contributed by atoms with E-state index in [0.717, 1.165) is 29.0 Å². The zero-order chi connectivity index (χ0) is 22.4. The molecule has 7 nitrogen and oxygen atoms in total. The smallest absolute Gasteiger partial charge is 0.329 e. The molecule has 0 aliphatic carbocycles. The number of anilines is 1. The van der Waals surface area contributed by atoms with Gasteiger partial charge in [-0.1, -0.05) is 30.3 Å². The molecule has 2 amide bonds. The predicted molar refractivity (Wildman–Crippen MR) is 118 cm³/mol. The van der Waals surface area contributed by atoms with Gasteiger partial charge in [-0.15, -0.1) is 0 Å². The average molecular weight is 422 g/mol. The lowest BCUT2D eigenvalue weighted by Crippen LogP contribution is -2.44. The quantitative estimate of drug-likeness (QED) is 0.548. The molecule has 0 radical (unpaired) electrons. The number of fused-ring (bicyclic) bond motifs is 1. The van der Waals surface area contributed by atoms with E-state index < -0.39 is 24.0 Å². The lowest BCUT2D eigenvalue weighted by molar-refractivity contribution is -0.156. The number of rotatable bonds is 7. The van der Waals surface area contributed by atoms with Crippen molar-refractivity contribution >= 4 is 29.5 Å². The minimum absolute atomic E-state index is 0.281. The second-order valence-electron chi connectivity index (χ2n) is 7.28. The first-order valence-electron chi connectivity index (χ1n) is 10.1. The number of esters is 1. The molecule has 0 saturated heterocycles. The number of amides is 2. The van der Waals surface area contributed by atoms with Crippen LogP contribution in [0.15, 0.2) is 54.6 Å². The topological polar surface area (TPSA) is 84.9 Å². The normalized spacial score (nSPS) is 14.6. The highest BCUT2D eigenvalue weighted by molar-refractivity contribution is 5.99. The number of ether oxygens (including phenoxy) is 2. The molecule has 3 rings (SSSR count). The van der Waals surface area contributed by atoms with Crippen LogP contribution < -0.4 is 15.0 Å². The van der Waals surface area contributed by atoms with Crippen molar-refractivity contribution in [2.45, 2.75) is 32.4 Å². The summed E-state index contributed by atoms with van der Waals surface area (Å²) in [5, 5.41) is 2.55. The highest BCUT2D eigenvalue weighted by atomic mass is 16.5. The highest BCUT2D eigenvalue weighted by Crippen LogP contribution is 2.28. The SMILES string of the molecule is COc1ccc(/C=C/C(=O)N[C@@H](C)C(=O)O[C@@H](C)C(=O)N2CCc3ccccc32)cc1. The number of hydrogen-bond donors (Lipinski definition) is 1. The monoisotopic (exact) mass is 422 g/mol. The van der Waals surface area contributed by atoms with E-state index in [1.54, 1.807) is 37.1 Å². The maximum absolute atomic E-state index is 12.7. The summed E-state index contributed by atoms with van der Waals surface area (Å²) in [4.78, 5) is 38.8. The standard InChI is InChI=1S/C24H26N2O5/c1-16(25-22(27)13-10-18-8-11-20(30-3)12-9-18)24(29)31-17(2)23(28)26-15-14-19-6-4-5-7-21(19)26/h4-13,16-17H,14-15H2,1-3H3,(H,25,27)/b13-10+/t16-,17-/m0/s1. The summed E-state index contributed by atoms with van der Waals surface area (Å²) in [6, 6.07) is 14.0. The summed E-state index contributed by atoms with van der Waals surface area (Å²) in [7, 11) is 1.58. The maximum Gasteiger partial charge on any atom is 0.329 e. The number of hydrogen-bond acceptors (Lipinski definition) is 5. The van der Waals surface area contributed by atoms with Crippen LogP contribution in [0, 0.1) is 0 Å². The molecule has 2 aromatic carbocycles. The van der Waals surface area contributed by atoms with E-state index in [9.17, 15) is 14.4 Å². The maximum atomic E-state index is 12.7. The first-order valence-corrected chi connectivity index (χ1v) is 10.1. The van der Waals surface area contributed by atoms with Gasteiger partial charge in [0.1, 0.15) is 11.8 Å². The average Bonchev–Trinajstić information content (AvgIpc) is 3.21.